The van der Waals surface area contributed by atoms with Crippen LogP contribution in [0.4, 0.5) is 0 Å². The minimum atomic E-state index is 0.273. The maximum Gasteiger partial charge on any atom is 0.130 e. The average molecular weight is 505 g/mol. The maximum absolute atomic E-state index is 6.91. The van der Waals surface area contributed by atoms with Crippen LogP contribution in [-0.4, -0.2) is 38.6 Å². The first kappa shape index (κ1) is 22.5. The third-order valence-electron chi connectivity index (χ3n) is 12.3. The molecule has 2 unspecified atom stereocenters. The lowest BCUT2D eigenvalue weighted by Gasteiger charge is -2.61. The van der Waals surface area contributed by atoms with Crippen LogP contribution in [0.3, 0.4) is 0 Å². The van der Waals surface area contributed by atoms with Crippen molar-refractivity contribution in [2.45, 2.75) is 107 Å². The van der Waals surface area contributed by atoms with Crippen LogP contribution >= 0.6 is 0 Å². The Morgan fingerprint density at radius 1 is 0.676 bits per heavy atom. The van der Waals surface area contributed by atoms with Crippen molar-refractivity contribution in [3.63, 3.8) is 0 Å². The van der Waals surface area contributed by atoms with E-state index in [0.717, 1.165) is 54.5 Å². The number of epoxide rings is 2. The summed E-state index contributed by atoms with van der Waals surface area (Å²) in [4.78, 5) is 0. The van der Waals surface area contributed by atoms with Crippen LogP contribution in [0.25, 0.3) is 0 Å². The summed E-state index contributed by atoms with van der Waals surface area (Å²) in [6.45, 7) is 5.33. The molecule has 11 rings (SSSR count). The normalized spacial score (nSPS) is 47.9. The minimum absolute atomic E-state index is 0.273. The zero-order valence-corrected chi connectivity index (χ0v) is 22.6. The van der Waals surface area contributed by atoms with Gasteiger partial charge in [-0.2, -0.15) is 0 Å². The van der Waals surface area contributed by atoms with Crippen LogP contribution in [-0.2, 0) is 20.3 Å². The van der Waals surface area contributed by atoms with Gasteiger partial charge in [-0.05, 0) is 137 Å². The molecule has 0 N–H and O–H groups in total. The molecule has 2 atom stereocenters. The molecule has 2 aliphatic heterocycles. The summed E-state index contributed by atoms with van der Waals surface area (Å²) in [6, 6.07) is 2.57. The molecule has 1 aromatic carbocycles. The second-order valence-electron chi connectivity index (χ2n) is 15.2. The average Bonchev–Trinajstić information content (AvgIpc) is 3.76. The first-order valence-corrected chi connectivity index (χ1v) is 15.7. The van der Waals surface area contributed by atoms with E-state index in [1.54, 1.807) is 11.1 Å². The van der Waals surface area contributed by atoms with E-state index >= 15 is 0 Å². The monoisotopic (exact) mass is 504 g/mol. The molecule has 4 nitrogen and oxygen atoms in total. The van der Waals surface area contributed by atoms with E-state index in [1.807, 2.05) is 0 Å². The lowest BCUT2D eigenvalue weighted by Crippen LogP contribution is -2.52. The van der Waals surface area contributed by atoms with Crippen molar-refractivity contribution in [1.29, 1.82) is 0 Å². The van der Waals surface area contributed by atoms with Crippen molar-refractivity contribution in [2.24, 2.45) is 35.5 Å². The zero-order chi connectivity index (χ0) is 24.4. The van der Waals surface area contributed by atoms with Crippen molar-refractivity contribution in [3.05, 3.63) is 22.8 Å². The van der Waals surface area contributed by atoms with E-state index in [4.69, 9.17) is 18.9 Å². The molecule has 10 aliphatic rings. The summed E-state index contributed by atoms with van der Waals surface area (Å²) in [5.74, 6) is 7.87. The van der Waals surface area contributed by atoms with Crippen LogP contribution < -0.4 is 9.47 Å². The molecule has 8 bridgehead atoms. The lowest BCUT2D eigenvalue weighted by molar-refractivity contribution is -0.0186. The second kappa shape index (κ2) is 7.90. The number of ether oxygens (including phenoxy) is 4. The molecule has 8 aliphatic carbocycles. The van der Waals surface area contributed by atoms with Crippen molar-refractivity contribution in [1.82, 2.24) is 0 Å². The van der Waals surface area contributed by atoms with Crippen molar-refractivity contribution in [3.8, 4) is 11.5 Å². The Hall–Kier alpha value is -1.26. The highest BCUT2D eigenvalue weighted by molar-refractivity contribution is 5.60. The van der Waals surface area contributed by atoms with E-state index in [2.05, 4.69) is 13.0 Å². The summed E-state index contributed by atoms with van der Waals surface area (Å²) >= 11 is 0. The fourth-order valence-corrected chi connectivity index (χ4v) is 11.6. The fourth-order valence-electron chi connectivity index (χ4n) is 11.6. The van der Waals surface area contributed by atoms with Gasteiger partial charge >= 0.3 is 0 Å². The molecule has 8 saturated carbocycles. The molecule has 10 fully saturated rings. The predicted octanol–water partition coefficient (Wildman–Crippen LogP) is 6.49. The Kier molecular flexibility index (Phi) is 4.82. The van der Waals surface area contributed by atoms with Crippen LogP contribution in [0.2, 0.25) is 0 Å². The van der Waals surface area contributed by atoms with Gasteiger partial charge in [0, 0.05) is 16.5 Å². The smallest absolute Gasteiger partial charge is 0.130 e. The minimum Gasteiger partial charge on any atom is -0.490 e. The first-order chi connectivity index (χ1) is 18.0. The third-order valence-corrected chi connectivity index (χ3v) is 12.3. The number of benzene rings is 1. The van der Waals surface area contributed by atoms with E-state index in [9.17, 15) is 0 Å². The summed E-state index contributed by atoms with van der Waals surface area (Å²) in [7, 11) is 0. The Bertz CT molecular complexity index is 1030. The van der Waals surface area contributed by atoms with Crippen molar-refractivity contribution >= 4 is 0 Å². The Balaban J connectivity index is 1.23. The van der Waals surface area contributed by atoms with Gasteiger partial charge in [0.1, 0.15) is 36.9 Å². The van der Waals surface area contributed by atoms with Crippen LogP contribution in [0.5, 0.6) is 11.5 Å². The topological polar surface area (TPSA) is 43.5 Å². The maximum atomic E-state index is 6.91. The first-order valence-electron chi connectivity index (χ1n) is 15.7. The van der Waals surface area contributed by atoms with E-state index in [0.29, 0.717) is 24.0 Å². The summed E-state index contributed by atoms with van der Waals surface area (Å²) in [5, 5.41) is 0. The Morgan fingerprint density at radius 2 is 1.11 bits per heavy atom. The van der Waals surface area contributed by atoms with Gasteiger partial charge in [0.2, 0.25) is 0 Å². The molecule has 37 heavy (non-hydrogen) atoms. The molecule has 2 saturated heterocycles. The molecule has 0 amide bonds. The Morgan fingerprint density at radius 3 is 1.57 bits per heavy atom. The molecule has 0 aromatic heterocycles. The van der Waals surface area contributed by atoms with Gasteiger partial charge in [-0.15, -0.1) is 0 Å². The van der Waals surface area contributed by atoms with Crippen LogP contribution in [0, 0.1) is 42.4 Å². The quantitative estimate of drug-likeness (QED) is 0.380. The highest BCUT2D eigenvalue weighted by Crippen LogP contribution is 2.67. The second-order valence-corrected chi connectivity index (χ2v) is 15.2. The molecule has 1 aromatic rings. The largest absolute Gasteiger partial charge is 0.490 e. The summed E-state index contributed by atoms with van der Waals surface area (Å²) in [6.07, 6.45) is 17.9. The number of hydrogen-bond donors (Lipinski definition) is 0. The highest BCUT2D eigenvalue weighted by atomic mass is 16.6. The predicted molar refractivity (Wildman–Crippen MR) is 141 cm³/mol. The summed E-state index contributed by atoms with van der Waals surface area (Å²) in [5.41, 5.74) is 5.24. The van der Waals surface area contributed by atoms with Gasteiger partial charge in [0.15, 0.2) is 0 Å². The molecular weight excluding hydrogens is 460 g/mol. The van der Waals surface area contributed by atoms with Gasteiger partial charge in [0.25, 0.3) is 0 Å². The van der Waals surface area contributed by atoms with Gasteiger partial charge in [-0.1, -0.05) is 0 Å². The SMILES string of the molecule is Cc1c(OCC2CO2)cc(C23CC4CC(CC(C4)C2)C3)c(C23CC4CC(CC(C4)C2)C3)c1OCC1CO1. The van der Waals surface area contributed by atoms with Gasteiger partial charge in [0.05, 0.1) is 13.2 Å². The highest BCUT2D eigenvalue weighted by Gasteiger charge is 2.58. The molecular formula is C33H44O4. The van der Waals surface area contributed by atoms with Crippen molar-refractivity contribution in [2.75, 3.05) is 26.4 Å². The molecule has 200 valence electrons. The van der Waals surface area contributed by atoms with Gasteiger partial charge in [-0.25, -0.2) is 0 Å². The molecule has 2 heterocycles. The zero-order valence-electron chi connectivity index (χ0n) is 22.6. The standard InChI is InChI=1S/C33H44O4/c1-19-29(36-17-26-15-34-26)8-28(32-9-20-2-21(10-32)4-22(3-20)11-32)30(31(19)37-18-27-16-35-27)33-12-23-5-24(13-33)7-25(6-23)14-33/h8,20-27H,2-7,9-18H2,1H3. The summed E-state index contributed by atoms with van der Waals surface area (Å²) < 4.78 is 24.6. The lowest BCUT2D eigenvalue weighted by atomic mass is 9.44. The fraction of sp³-hybridized carbons (Fsp3) is 0.818. The molecule has 0 radical (unpaired) electrons. The van der Waals surface area contributed by atoms with Crippen LogP contribution in [0.1, 0.15) is 93.7 Å². The van der Waals surface area contributed by atoms with Crippen LogP contribution in [0.15, 0.2) is 6.07 Å². The number of hydrogen-bond acceptors (Lipinski definition) is 4. The van der Waals surface area contributed by atoms with E-state index < -0.39 is 0 Å². The third kappa shape index (κ3) is 3.67. The molecule has 4 heteroatoms. The van der Waals surface area contributed by atoms with E-state index in [1.165, 1.54) is 88.4 Å². The molecule has 0 spiro atoms. The van der Waals surface area contributed by atoms with E-state index in [-0.39, 0.29) is 12.2 Å². The van der Waals surface area contributed by atoms with Gasteiger partial charge in [-0.3, -0.25) is 0 Å². The van der Waals surface area contributed by atoms with Crippen molar-refractivity contribution < 1.29 is 18.9 Å². The van der Waals surface area contributed by atoms with Gasteiger partial charge < -0.3 is 18.9 Å². The number of rotatable bonds is 8. The Labute approximate surface area is 222 Å².